The summed E-state index contributed by atoms with van der Waals surface area (Å²) >= 11 is 0. The van der Waals surface area contributed by atoms with Gasteiger partial charge in [0.25, 0.3) is 0 Å². The summed E-state index contributed by atoms with van der Waals surface area (Å²) in [5.41, 5.74) is 1.83. The molecular formula is C17H25N3O. The number of pyridine rings is 1. The van der Waals surface area contributed by atoms with E-state index in [-0.39, 0.29) is 5.75 Å². The normalized spacial score (nSPS) is 11.2. The van der Waals surface area contributed by atoms with Gasteiger partial charge < -0.3 is 15.3 Å². The maximum Gasteiger partial charge on any atom is 0.118 e. The summed E-state index contributed by atoms with van der Waals surface area (Å²) in [7, 11) is 4.23. The Kier molecular flexibility index (Phi) is 5.81. The highest BCUT2D eigenvalue weighted by atomic mass is 16.3. The lowest BCUT2D eigenvalue weighted by atomic mass is 10.1. The maximum absolute atomic E-state index is 9.76. The van der Waals surface area contributed by atoms with Crippen LogP contribution in [0.15, 0.2) is 30.5 Å². The van der Waals surface area contributed by atoms with E-state index in [4.69, 9.17) is 0 Å². The topological polar surface area (TPSA) is 48.4 Å². The monoisotopic (exact) mass is 287 g/mol. The molecule has 4 nitrogen and oxygen atoms in total. The zero-order chi connectivity index (χ0) is 15.1. The summed E-state index contributed by atoms with van der Waals surface area (Å²) in [5, 5.41) is 14.1. The Hall–Kier alpha value is -1.81. The first-order valence-electron chi connectivity index (χ1n) is 7.63. The molecule has 0 saturated heterocycles. The molecule has 0 aliphatic rings. The van der Waals surface area contributed by atoms with Crippen LogP contribution in [0.1, 0.15) is 25.7 Å². The fraction of sp³-hybridized carbons (Fsp3) is 0.471. The number of hydrogen-bond donors (Lipinski definition) is 2. The molecule has 0 unspecified atom stereocenters. The molecule has 0 radical (unpaired) electrons. The number of aromatic hydroxyl groups is 1. The maximum atomic E-state index is 9.76. The highest BCUT2D eigenvalue weighted by molar-refractivity contribution is 5.91. The van der Waals surface area contributed by atoms with Crippen molar-refractivity contribution in [3.8, 4) is 5.75 Å². The van der Waals surface area contributed by atoms with Crippen LogP contribution in [-0.2, 0) is 0 Å². The van der Waals surface area contributed by atoms with Crippen molar-refractivity contribution in [1.82, 2.24) is 9.88 Å². The Morgan fingerprint density at radius 3 is 2.76 bits per heavy atom. The largest absolute Gasteiger partial charge is 0.508 e. The summed E-state index contributed by atoms with van der Waals surface area (Å²) in [6.45, 7) is 2.08. The number of rotatable bonds is 8. The van der Waals surface area contributed by atoms with Gasteiger partial charge in [-0.3, -0.25) is 4.98 Å². The highest BCUT2D eigenvalue weighted by Gasteiger charge is 2.04. The van der Waals surface area contributed by atoms with Crippen LogP contribution in [0.25, 0.3) is 10.9 Å². The number of nitrogens with zero attached hydrogens (tertiary/aromatic N) is 2. The van der Waals surface area contributed by atoms with Crippen LogP contribution in [0.5, 0.6) is 5.75 Å². The van der Waals surface area contributed by atoms with Crippen LogP contribution in [0.3, 0.4) is 0 Å². The molecule has 1 aromatic heterocycles. The van der Waals surface area contributed by atoms with E-state index in [1.165, 1.54) is 19.3 Å². The van der Waals surface area contributed by atoms with E-state index in [9.17, 15) is 5.11 Å². The zero-order valence-corrected chi connectivity index (χ0v) is 13.0. The Labute approximate surface area is 126 Å². The Balaban J connectivity index is 1.81. The number of aromatic nitrogens is 1. The molecule has 0 bridgehead atoms. The van der Waals surface area contributed by atoms with Crippen LogP contribution in [-0.4, -0.2) is 42.2 Å². The standard InChI is InChI=1S/C17H25N3O/c1-20(2)11-6-4-3-5-9-18-16-13-15(21)12-14-8-7-10-19-17(14)16/h7-8,10,12-13,18,21H,3-6,9,11H2,1-2H3. The second kappa shape index (κ2) is 7.84. The molecule has 114 valence electrons. The van der Waals surface area contributed by atoms with E-state index in [1.807, 2.05) is 12.1 Å². The summed E-state index contributed by atoms with van der Waals surface area (Å²) in [4.78, 5) is 6.62. The Morgan fingerprint density at radius 1 is 1.14 bits per heavy atom. The lowest BCUT2D eigenvalue weighted by molar-refractivity contribution is 0.391. The number of phenolic OH excluding ortho intramolecular Hbond substituents is 1. The summed E-state index contributed by atoms with van der Waals surface area (Å²) in [6.07, 6.45) is 6.66. The average Bonchev–Trinajstić information content (AvgIpc) is 2.45. The smallest absolute Gasteiger partial charge is 0.118 e. The van der Waals surface area contributed by atoms with E-state index in [0.717, 1.165) is 36.1 Å². The summed E-state index contributed by atoms with van der Waals surface area (Å²) in [5.74, 6) is 0.281. The average molecular weight is 287 g/mol. The van der Waals surface area contributed by atoms with E-state index in [0.29, 0.717) is 0 Å². The van der Waals surface area contributed by atoms with Crippen LogP contribution < -0.4 is 5.32 Å². The molecule has 0 saturated carbocycles. The fourth-order valence-electron chi connectivity index (χ4n) is 2.44. The van der Waals surface area contributed by atoms with Crippen molar-refractivity contribution in [1.29, 1.82) is 0 Å². The lowest BCUT2D eigenvalue weighted by Gasteiger charge is -2.11. The third-order valence-electron chi connectivity index (χ3n) is 3.54. The predicted octanol–water partition coefficient (Wildman–Crippen LogP) is 3.47. The molecular weight excluding hydrogens is 262 g/mol. The van der Waals surface area contributed by atoms with Crippen molar-refractivity contribution in [2.75, 3.05) is 32.5 Å². The third-order valence-corrected chi connectivity index (χ3v) is 3.54. The fourth-order valence-corrected chi connectivity index (χ4v) is 2.44. The molecule has 0 atom stereocenters. The van der Waals surface area contributed by atoms with Gasteiger partial charge >= 0.3 is 0 Å². The first kappa shape index (κ1) is 15.6. The van der Waals surface area contributed by atoms with Gasteiger partial charge in [-0.05, 0) is 45.6 Å². The molecule has 21 heavy (non-hydrogen) atoms. The Bertz CT molecular complexity index is 569. The van der Waals surface area contributed by atoms with Crippen LogP contribution in [0.2, 0.25) is 0 Å². The molecule has 0 fully saturated rings. The van der Waals surface area contributed by atoms with Crippen LogP contribution in [0.4, 0.5) is 5.69 Å². The Morgan fingerprint density at radius 2 is 1.95 bits per heavy atom. The van der Waals surface area contributed by atoms with Gasteiger partial charge in [0.05, 0.1) is 11.2 Å². The minimum Gasteiger partial charge on any atom is -0.508 e. The third kappa shape index (κ3) is 4.90. The van der Waals surface area contributed by atoms with E-state index in [2.05, 4.69) is 29.3 Å². The number of fused-ring (bicyclic) bond motifs is 1. The number of benzene rings is 1. The van der Waals surface area contributed by atoms with Crippen molar-refractivity contribution in [2.45, 2.75) is 25.7 Å². The SMILES string of the molecule is CN(C)CCCCCCNc1cc(O)cc2cccnc12. The highest BCUT2D eigenvalue weighted by Crippen LogP contribution is 2.26. The molecule has 2 aromatic rings. The van der Waals surface area contributed by atoms with Gasteiger partial charge in [0.15, 0.2) is 0 Å². The van der Waals surface area contributed by atoms with Gasteiger partial charge in [0.1, 0.15) is 5.75 Å². The van der Waals surface area contributed by atoms with Gasteiger partial charge in [-0.2, -0.15) is 0 Å². The van der Waals surface area contributed by atoms with Gasteiger partial charge in [-0.25, -0.2) is 0 Å². The first-order valence-corrected chi connectivity index (χ1v) is 7.63. The van der Waals surface area contributed by atoms with Crippen molar-refractivity contribution in [3.05, 3.63) is 30.5 Å². The van der Waals surface area contributed by atoms with Crippen molar-refractivity contribution < 1.29 is 5.11 Å². The van der Waals surface area contributed by atoms with E-state index < -0.39 is 0 Å². The molecule has 0 aliphatic heterocycles. The summed E-state index contributed by atoms with van der Waals surface area (Å²) < 4.78 is 0. The summed E-state index contributed by atoms with van der Waals surface area (Å²) in [6, 6.07) is 7.35. The predicted molar refractivity (Wildman–Crippen MR) is 88.9 cm³/mol. The van der Waals surface area contributed by atoms with Crippen molar-refractivity contribution >= 4 is 16.6 Å². The van der Waals surface area contributed by atoms with E-state index in [1.54, 1.807) is 18.3 Å². The molecule has 0 spiro atoms. The molecule has 0 aliphatic carbocycles. The molecule has 2 N–H and O–H groups in total. The van der Waals surface area contributed by atoms with Crippen molar-refractivity contribution in [2.24, 2.45) is 0 Å². The zero-order valence-electron chi connectivity index (χ0n) is 13.0. The van der Waals surface area contributed by atoms with Crippen LogP contribution >= 0.6 is 0 Å². The number of phenols is 1. The molecule has 0 amide bonds. The second-order valence-corrected chi connectivity index (χ2v) is 5.71. The van der Waals surface area contributed by atoms with Gasteiger partial charge in [-0.15, -0.1) is 0 Å². The van der Waals surface area contributed by atoms with Crippen molar-refractivity contribution in [3.63, 3.8) is 0 Å². The second-order valence-electron chi connectivity index (χ2n) is 5.71. The lowest BCUT2D eigenvalue weighted by Crippen LogP contribution is -2.12. The van der Waals surface area contributed by atoms with Gasteiger partial charge in [0.2, 0.25) is 0 Å². The number of anilines is 1. The molecule has 4 heteroatoms. The first-order chi connectivity index (χ1) is 10.2. The quantitative estimate of drug-likeness (QED) is 0.730. The van der Waals surface area contributed by atoms with Gasteiger partial charge in [0, 0.05) is 24.2 Å². The van der Waals surface area contributed by atoms with E-state index >= 15 is 0 Å². The number of nitrogens with one attached hydrogen (secondary N) is 1. The minimum absolute atomic E-state index is 0.281. The molecule has 1 heterocycles. The number of unbranched alkanes of at least 4 members (excludes halogenated alkanes) is 3. The number of hydrogen-bond acceptors (Lipinski definition) is 4. The molecule has 1 aromatic carbocycles. The minimum atomic E-state index is 0.281. The molecule has 2 rings (SSSR count). The van der Waals surface area contributed by atoms with Crippen LogP contribution in [0, 0.1) is 0 Å². The van der Waals surface area contributed by atoms with Gasteiger partial charge in [-0.1, -0.05) is 18.9 Å².